The number of carbonyl (C=O) groups is 4. The van der Waals surface area contributed by atoms with E-state index in [1.807, 2.05) is 49.8 Å². The molecule has 59 heavy (non-hydrogen) atoms. The fourth-order valence-electron chi connectivity index (χ4n) is 9.04. The van der Waals surface area contributed by atoms with Crippen LogP contribution in [0.5, 0.6) is 5.75 Å². The molecule has 3 aliphatic heterocycles. The first-order chi connectivity index (χ1) is 28.4. The Morgan fingerprint density at radius 3 is 1.97 bits per heavy atom. The number of nitrogens with zero attached hydrogens (tertiary/aromatic N) is 4. The van der Waals surface area contributed by atoms with Crippen molar-refractivity contribution in [3.63, 3.8) is 0 Å². The lowest BCUT2D eigenvalue weighted by atomic mass is 9.92. The normalized spacial score (nSPS) is 19.7. The van der Waals surface area contributed by atoms with Gasteiger partial charge < -0.3 is 44.6 Å². The molecule has 15 heteroatoms. The van der Waals surface area contributed by atoms with Crippen molar-refractivity contribution in [3.8, 4) is 28.3 Å². The number of aromatic nitrogens is 4. The van der Waals surface area contributed by atoms with Crippen molar-refractivity contribution in [2.45, 2.75) is 84.7 Å². The van der Waals surface area contributed by atoms with Crippen LogP contribution in [-0.2, 0) is 25.7 Å². The van der Waals surface area contributed by atoms with Gasteiger partial charge in [-0.15, -0.1) is 0 Å². The van der Waals surface area contributed by atoms with E-state index in [0.717, 1.165) is 74.6 Å². The number of amides is 4. The molecule has 5 heterocycles. The number of H-pyrrole nitrogens is 2. The molecule has 8 rings (SSSR count). The van der Waals surface area contributed by atoms with E-state index in [9.17, 15) is 19.2 Å². The lowest BCUT2D eigenvalue weighted by Gasteiger charge is -2.31. The fraction of sp³-hybridized carbons (Fsp3) is 0.455. The summed E-state index contributed by atoms with van der Waals surface area (Å²) in [7, 11) is 2.58. The molecule has 4 N–H and O–H groups in total. The predicted octanol–water partition coefficient (Wildman–Crippen LogP) is 7.00. The molecule has 2 saturated heterocycles. The van der Waals surface area contributed by atoms with Crippen molar-refractivity contribution in [3.05, 3.63) is 66.0 Å². The van der Waals surface area contributed by atoms with Crippen LogP contribution in [0.15, 0.2) is 48.8 Å². The number of aromatic amines is 2. The molecule has 4 amide bonds. The van der Waals surface area contributed by atoms with E-state index >= 15 is 0 Å². The zero-order chi connectivity index (χ0) is 41.7. The van der Waals surface area contributed by atoms with Gasteiger partial charge in [0.1, 0.15) is 36.1 Å². The number of benzene rings is 3. The Morgan fingerprint density at radius 1 is 0.763 bits per heavy atom. The molecule has 310 valence electrons. The highest BCUT2D eigenvalue weighted by atomic mass is 16.5. The number of likely N-dealkylation sites (tertiary alicyclic amines) is 2. The lowest BCUT2D eigenvalue weighted by Crippen LogP contribution is -2.51. The first kappa shape index (κ1) is 39.7. The van der Waals surface area contributed by atoms with Gasteiger partial charge >= 0.3 is 12.2 Å². The number of hydrogen-bond acceptors (Lipinski definition) is 9. The molecule has 3 aromatic carbocycles. The van der Waals surface area contributed by atoms with E-state index in [1.165, 1.54) is 14.2 Å². The molecule has 2 aromatic heterocycles. The minimum absolute atomic E-state index is 0.121. The minimum Gasteiger partial charge on any atom is -0.488 e. The van der Waals surface area contributed by atoms with Gasteiger partial charge in [0.15, 0.2) is 0 Å². The van der Waals surface area contributed by atoms with Gasteiger partial charge in [-0.2, -0.15) is 0 Å². The van der Waals surface area contributed by atoms with Gasteiger partial charge in [-0.05, 0) is 83.0 Å². The fourth-order valence-corrected chi connectivity index (χ4v) is 9.04. The molecule has 0 aliphatic carbocycles. The van der Waals surface area contributed by atoms with Gasteiger partial charge in [-0.1, -0.05) is 46.8 Å². The van der Waals surface area contributed by atoms with Crippen LogP contribution in [-0.4, -0.2) is 93.1 Å². The highest BCUT2D eigenvalue weighted by Crippen LogP contribution is 2.44. The second-order valence-electron chi connectivity index (χ2n) is 16.7. The molecule has 5 unspecified atom stereocenters. The number of rotatable bonds is 10. The van der Waals surface area contributed by atoms with Gasteiger partial charge in [-0.3, -0.25) is 9.59 Å². The van der Waals surface area contributed by atoms with E-state index in [-0.39, 0.29) is 41.7 Å². The van der Waals surface area contributed by atoms with Gasteiger partial charge in [0.2, 0.25) is 11.8 Å². The average Bonchev–Trinajstić information content (AvgIpc) is 4.07. The zero-order valence-electron chi connectivity index (χ0n) is 34.5. The van der Waals surface area contributed by atoms with Crippen molar-refractivity contribution in [1.82, 2.24) is 40.4 Å². The van der Waals surface area contributed by atoms with Gasteiger partial charge in [-0.25, -0.2) is 19.6 Å². The van der Waals surface area contributed by atoms with Crippen LogP contribution in [0.2, 0.25) is 0 Å². The third-order valence-electron chi connectivity index (χ3n) is 12.2. The summed E-state index contributed by atoms with van der Waals surface area (Å²) in [4.78, 5) is 71.9. The number of imidazole rings is 2. The SMILES string of the molecule is COC(=O)NC(C(=O)N1CCCC1c1ncc(-c2cc3c4c(ccc5cc(-c6cnc(C7C(C)CCN7C(=O)C(NC(=O)OC)C(C)C)[nH]6)cc(c54)CO3)c2)[nH]1)C(C)C. The lowest BCUT2D eigenvalue weighted by molar-refractivity contribution is -0.136. The summed E-state index contributed by atoms with van der Waals surface area (Å²) in [6, 6.07) is 10.8. The van der Waals surface area contributed by atoms with Crippen LogP contribution in [0, 0.1) is 17.8 Å². The summed E-state index contributed by atoms with van der Waals surface area (Å²) in [6.07, 6.45) is 4.78. The summed E-state index contributed by atoms with van der Waals surface area (Å²) in [5.41, 5.74) is 4.62. The Balaban J connectivity index is 1.05. The number of alkyl carbamates (subject to hydrolysis) is 2. The molecule has 0 saturated carbocycles. The number of nitrogens with one attached hydrogen (secondary N) is 4. The average molecular weight is 805 g/mol. The maximum Gasteiger partial charge on any atom is 0.407 e. The summed E-state index contributed by atoms with van der Waals surface area (Å²) in [6.45, 7) is 11.3. The number of methoxy groups -OCH3 is 2. The smallest absolute Gasteiger partial charge is 0.407 e. The molecule has 3 aliphatic rings. The molecule has 15 nitrogen and oxygen atoms in total. The van der Waals surface area contributed by atoms with E-state index < -0.39 is 24.3 Å². The van der Waals surface area contributed by atoms with Crippen LogP contribution >= 0.6 is 0 Å². The Labute approximate surface area is 342 Å². The van der Waals surface area contributed by atoms with Crippen molar-refractivity contribution in [2.24, 2.45) is 17.8 Å². The zero-order valence-corrected chi connectivity index (χ0v) is 34.5. The topological polar surface area (TPSA) is 184 Å². The second-order valence-corrected chi connectivity index (χ2v) is 16.7. The quantitative estimate of drug-likeness (QED) is 0.108. The summed E-state index contributed by atoms with van der Waals surface area (Å²) < 4.78 is 16.0. The first-order valence-corrected chi connectivity index (χ1v) is 20.4. The van der Waals surface area contributed by atoms with Crippen LogP contribution in [0.4, 0.5) is 9.59 Å². The Kier molecular flexibility index (Phi) is 10.7. The first-order valence-electron chi connectivity index (χ1n) is 20.4. The summed E-state index contributed by atoms with van der Waals surface area (Å²) >= 11 is 0. The molecule has 0 spiro atoms. The van der Waals surface area contributed by atoms with E-state index in [1.54, 1.807) is 6.20 Å². The Hall–Kier alpha value is -6.12. The standard InChI is InChI=1S/C44H52N8O7/c1-22(2)36(49-43(55)57-6)41(53)51-13-8-9-32(51)39-45-19-31(47-39)28-16-26-11-10-25-15-27(17-29-21-59-33(18-28)35(26)34(25)29)30-20-46-40(48-30)38-24(5)12-14-52(38)42(54)37(23(3)4)50-44(56)58-7/h10-11,15-20,22-24,32,36-38H,8-9,12-14,21H2,1-7H3,(H,45,47)(H,46,48)(H,49,55)(H,50,56). The van der Waals surface area contributed by atoms with Crippen LogP contribution in [0.3, 0.4) is 0 Å². The molecular weight excluding hydrogens is 753 g/mol. The van der Waals surface area contributed by atoms with Crippen molar-refractivity contribution in [1.29, 1.82) is 0 Å². The van der Waals surface area contributed by atoms with Crippen molar-refractivity contribution in [2.75, 3.05) is 27.3 Å². The molecule has 0 bridgehead atoms. The van der Waals surface area contributed by atoms with Crippen LogP contribution in [0.25, 0.3) is 44.1 Å². The van der Waals surface area contributed by atoms with E-state index in [0.29, 0.717) is 31.3 Å². The maximum atomic E-state index is 13.8. The van der Waals surface area contributed by atoms with Gasteiger partial charge in [0, 0.05) is 29.6 Å². The minimum atomic E-state index is -0.715. The molecule has 2 fully saturated rings. The Bertz CT molecular complexity index is 2440. The second kappa shape index (κ2) is 15.9. The summed E-state index contributed by atoms with van der Waals surface area (Å²) in [5, 5.41) is 9.73. The monoisotopic (exact) mass is 804 g/mol. The van der Waals surface area contributed by atoms with Crippen LogP contribution in [0.1, 0.15) is 83.2 Å². The van der Waals surface area contributed by atoms with Crippen molar-refractivity contribution >= 4 is 45.5 Å². The third-order valence-corrected chi connectivity index (χ3v) is 12.2. The van der Waals surface area contributed by atoms with E-state index in [2.05, 4.69) is 57.9 Å². The predicted molar refractivity (Wildman–Crippen MR) is 221 cm³/mol. The number of hydrogen-bond donors (Lipinski definition) is 4. The Morgan fingerprint density at radius 2 is 1.34 bits per heavy atom. The third kappa shape index (κ3) is 7.31. The van der Waals surface area contributed by atoms with Crippen LogP contribution < -0.4 is 15.4 Å². The molecule has 0 radical (unpaired) electrons. The maximum absolute atomic E-state index is 13.8. The largest absolute Gasteiger partial charge is 0.488 e. The number of ether oxygens (including phenoxy) is 3. The molecular formula is C44H52N8O7. The van der Waals surface area contributed by atoms with E-state index in [4.69, 9.17) is 24.2 Å². The highest BCUT2D eigenvalue weighted by Gasteiger charge is 2.41. The summed E-state index contributed by atoms with van der Waals surface area (Å²) in [5.74, 6) is 1.82. The van der Waals surface area contributed by atoms with Crippen molar-refractivity contribution < 1.29 is 33.4 Å². The highest BCUT2D eigenvalue weighted by molar-refractivity contribution is 6.14. The van der Waals surface area contributed by atoms with Gasteiger partial charge in [0.25, 0.3) is 0 Å². The molecule has 5 atom stereocenters. The number of carbonyl (C=O) groups excluding carboxylic acids is 4. The van der Waals surface area contributed by atoms with Gasteiger partial charge in [0.05, 0.1) is 50.1 Å². The molecule has 5 aromatic rings.